The van der Waals surface area contributed by atoms with Crippen molar-refractivity contribution in [1.29, 1.82) is 0 Å². The largest absolute Gasteiger partial charge is 0.369 e. The van der Waals surface area contributed by atoms with E-state index in [4.69, 9.17) is 11.6 Å². The number of carbonyl (C=O) groups is 1. The van der Waals surface area contributed by atoms with Gasteiger partial charge < -0.3 is 10.6 Å². The molecule has 7 heteroatoms. The van der Waals surface area contributed by atoms with Crippen molar-refractivity contribution in [2.45, 2.75) is 25.2 Å². The Kier molecular flexibility index (Phi) is 4.90. The molecule has 0 spiro atoms. The van der Waals surface area contributed by atoms with Crippen LogP contribution < -0.4 is 10.6 Å². The molecule has 1 aromatic heterocycles. The number of nitrogens with one attached hydrogen (secondary N) is 2. The fourth-order valence-corrected chi connectivity index (χ4v) is 3.00. The van der Waals surface area contributed by atoms with E-state index >= 15 is 0 Å². The van der Waals surface area contributed by atoms with Gasteiger partial charge in [-0.25, -0.2) is 14.4 Å². The second-order valence-electron chi connectivity index (χ2n) is 6.60. The van der Waals surface area contributed by atoms with Gasteiger partial charge in [0, 0.05) is 35.0 Å². The minimum atomic E-state index is -0.336. The van der Waals surface area contributed by atoms with E-state index in [9.17, 15) is 9.18 Å². The van der Waals surface area contributed by atoms with Crippen LogP contribution in [0.2, 0.25) is 5.02 Å². The summed E-state index contributed by atoms with van der Waals surface area (Å²) in [5, 5.41) is 7.49. The fourth-order valence-electron chi connectivity index (χ4n) is 2.83. The van der Waals surface area contributed by atoms with Gasteiger partial charge in [0.2, 0.25) is 5.91 Å². The number of halogens is 2. The summed E-state index contributed by atoms with van der Waals surface area (Å²) in [4.78, 5) is 21.3. The number of anilines is 2. The zero-order valence-corrected chi connectivity index (χ0v) is 15.3. The van der Waals surface area contributed by atoms with Crippen LogP contribution in [0.4, 0.5) is 15.9 Å². The predicted octanol–water partition coefficient (Wildman–Crippen LogP) is 4.74. The highest BCUT2D eigenvalue weighted by molar-refractivity contribution is 6.31. The third-order valence-electron chi connectivity index (χ3n) is 4.39. The molecule has 0 aliphatic heterocycles. The minimum Gasteiger partial charge on any atom is -0.369 e. The first-order chi connectivity index (χ1) is 13.1. The van der Waals surface area contributed by atoms with Crippen molar-refractivity contribution in [3.63, 3.8) is 0 Å². The standard InChI is InChI=1S/C20H18ClFN4O/c21-13-3-8-16-17(11-13)25-19(12-1-2-12)26-20(16)23-10-9-18(27)24-15-6-4-14(22)5-7-15/h3-8,11-12H,1-2,9-10H2,(H,24,27)(H,23,25,26). The lowest BCUT2D eigenvalue weighted by Crippen LogP contribution is -2.17. The minimum absolute atomic E-state index is 0.155. The van der Waals surface area contributed by atoms with Crippen molar-refractivity contribution in [2.75, 3.05) is 17.2 Å². The first-order valence-corrected chi connectivity index (χ1v) is 9.23. The molecule has 1 fully saturated rings. The maximum Gasteiger partial charge on any atom is 0.226 e. The summed E-state index contributed by atoms with van der Waals surface area (Å²) in [6.07, 6.45) is 2.46. The zero-order valence-electron chi connectivity index (χ0n) is 14.5. The molecule has 5 nitrogen and oxygen atoms in total. The van der Waals surface area contributed by atoms with Crippen LogP contribution in [-0.4, -0.2) is 22.4 Å². The molecule has 1 amide bonds. The Morgan fingerprint density at radius 2 is 1.93 bits per heavy atom. The molecule has 1 heterocycles. The molecule has 1 aliphatic rings. The number of benzene rings is 2. The summed E-state index contributed by atoms with van der Waals surface area (Å²) < 4.78 is 12.9. The van der Waals surface area contributed by atoms with E-state index in [-0.39, 0.29) is 18.1 Å². The van der Waals surface area contributed by atoms with E-state index in [2.05, 4.69) is 20.6 Å². The molecule has 2 N–H and O–H groups in total. The molecule has 0 unspecified atom stereocenters. The number of nitrogens with zero attached hydrogens (tertiary/aromatic N) is 2. The molecule has 1 saturated carbocycles. The maximum absolute atomic E-state index is 12.9. The highest BCUT2D eigenvalue weighted by Gasteiger charge is 2.27. The lowest BCUT2D eigenvalue weighted by molar-refractivity contribution is -0.115. The molecule has 138 valence electrons. The molecular formula is C20H18ClFN4O. The number of hydrogen-bond donors (Lipinski definition) is 2. The Balaban J connectivity index is 1.43. The van der Waals surface area contributed by atoms with Crippen molar-refractivity contribution < 1.29 is 9.18 Å². The van der Waals surface area contributed by atoms with E-state index in [1.54, 1.807) is 6.07 Å². The lowest BCUT2D eigenvalue weighted by Gasteiger charge is -2.11. The van der Waals surface area contributed by atoms with Gasteiger partial charge in [0.1, 0.15) is 17.5 Å². The highest BCUT2D eigenvalue weighted by Crippen LogP contribution is 2.39. The van der Waals surface area contributed by atoms with Crippen LogP contribution in [0.1, 0.15) is 31.0 Å². The van der Waals surface area contributed by atoms with Crippen molar-refractivity contribution in [3.05, 3.63) is 59.1 Å². The summed E-state index contributed by atoms with van der Waals surface area (Å²) >= 11 is 6.09. The van der Waals surface area contributed by atoms with Gasteiger partial charge in [-0.2, -0.15) is 0 Å². The fraction of sp³-hybridized carbons (Fsp3) is 0.250. The lowest BCUT2D eigenvalue weighted by atomic mass is 10.2. The maximum atomic E-state index is 12.9. The Bertz CT molecular complexity index is 989. The number of amides is 1. The van der Waals surface area contributed by atoms with Gasteiger partial charge in [-0.15, -0.1) is 0 Å². The zero-order chi connectivity index (χ0) is 18.8. The van der Waals surface area contributed by atoms with Crippen molar-refractivity contribution in [2.24, 2.45) is 0 Å². The second kappa shape index (κ2) is 7.48. The summed E-state index contributed by atoms with van der Waals surface area (Å²) in [7, 11) is 0. The quantitative estimate of drug-likeness (QED) is 0.644. The molecule has 0 bridgehead atoms. The van der Waals surface area contributed by atoms with Gasteiger partial charge in [0.05, 0.1) is 5.52 Å². The summed E-state index contributed by atoms with van der Waals surface area (Å²) in [6, 6.07) is 11.2. The van der Waals surface area contributed by atoms with Gasteiger partial charge in [-0.05, 0) is 55.3 Å². The van der Waals surface area contributed by atoms with Gasteiger partial charge in [-0.1, -0.05) is 11.6 Å². The van der Waals surface area contributed by atoms with Gasteiger partial charge in [0.15, 0.2) is 0 Å². The van der Waals surface area contributed by atoms with Crippen molar-refractivity contribution >= 4 is 39.9 Å². The first-order valence-electron chi connectivity index (χ1n) is 8.85. The molecule has 4 rings (SSSR count). The van der Waals surface area contributed by atoms with E-state index < -0.39 is 0 Å². The Morgan fingerprint density at radius 1 is 1.15 bits per heavy atom. The van der Waals surface area contributed by atoms with Crippen molar-refractivity contribution in [3.8, 4) is 0 Å². The van der Waals surface area contributed by atoms with Crippen LogP contribution in [0.5, 0.6) is 0 Å². The van der Waals surface area contributed by atoms with Crippen LogP contribution in [0.3, 0.4) is 0 Å². The molecule has 0 saturated heterocycles. The van der Waals surface area contributed by atoms with Crippen LogP contribution in [0, 0.1) is 5.82 Å². The van der Waals surface area contributed by atoms with Crippen LogP contribution in [0.25, 0.3) is 10.9 Å². The average molecular weight is 385 g/mol. The highest BCUT2D eigenvalue weighted by atomic mass is 35.5. The van der Waals surface area contributed by atoms with E-state index in [1.807, 2.05) is 12.1 Å². The molecule has 0 radical (unpaired) electrons. The van der Waals surface area contributed by atoms with Crippen LogP contribution >= 0.6 is 11.6 Å². The monoisotopic (exact) mass is 384 g/mol. The van der Waals surface area contributed by atoms with Crippen LogP contribution in [-0.2, 0) is 4.79 Å². The third kappa shape index (κ3) is 4.34. The number of carbonyl (C=O) groups excluding carboxylic acids is 1. The van der Waals surface area contributed by atoms with Crippen molar-refractivity contribution in [1.82, 2.24) is 9.97 Å². The van der Waals surface area contributed by atoms with Gasteiger partial charge in [-0.3, -0.25) is 4.79 Å². The topological polar surface area (TPSA) is 66.9 Å². The molecule has 0 atom stereocenters. The third-order valence-corrected chi connectivity index (χ3v) is 4.63. The van der Waals surface area contributed by atoms with E-state index in [0.717, 1.165) is 29.6 Å². The second-order valence-corrected chi connectivity index (χ2v) is 7.03. The Hall–Kier alpha value is -2.73. The Morgan fingerprint density at radius 3 is 2.67 bits per heavy atom. The molecule has 1 aliphatic carbocycles. The molecular weight excluding hydrogens is 367 g/mol. The molecule has 3 aromatic rings. The number of hydrogen-bond acceptors (Lipinski definition) is 4. The predicted molar refractivity (Wildman–Crippen MR) is 105 cm³/mol. The van der Waals surface area contributed by atoms with E-state index in [0.29, 0.717) is 29.0 Å². The number of fused-ring (bicyclic) bond motifs is 1. The molecule has 27 heavy (non-hydrogen) atoms. The summed E-state index contributed by atoms with van der Waals surface area (Å²) in [6.45, 7) is 0.422. The number of aromatic nitrogens is 2. The SMILES string of the molecule is O=C(CCNc1nc(C2CC2)nc2cc(Cl)ccc12)Nc1ccc(F)cc1. The normalized spacial score (nSPS) is 13.6. The van der Waals surface area contributed by atoms with E-state index in [1.165, 1.54) is 24.3 Å². The van der Waals surface area contributed by atoms with Gasteiger partial charge >= 0.3 is 0 Å². The first kappa shape index (κ1) is 17.7. The smallest absolute Gasteiger partial charge is 0.226 e. The summed E-state index contributed by atoms with van der Waals surface area (Å²) in [5.74, 6) is 1.46. The summed E-state index contributed by atoms with van der Waals surface area (Å²) in [5.41, 5.74) is 1.37. The number of rotatable bonds is 6. The van der Waals surface area contributed by atoms with Gasteiger partial charge in [0.25, 0.3) is 0 Å². The average Bonchev–Trinajstić information content (AvgIpc) is 3.48. The van der Waals surface area contributed by atoms with Crippen LogP contribution in [0.15, 0.2) is 42.5 Å². The molecule has 2 aromatic carbocycles. The Labute approximate surface area is 161 Å².